The van der Waals surface area contributed by atoms with E-state index in [-0.39, 0.29) is 12.1 Å². The van der Waals surface area contributed by atoms with Gasteiger partial charge in [-0.05, 0) is 75.6 Å². The molecule has 11 heteroatoms. The molecule has 1 saturated heterocycles. The lowest BCUT2D eigenvalue weighted by Gasteiger charge is -2.32. The zero-order valence-electron chi connectivity index (χ0n) is 22.3. The summed E-state index contributed by atoms with van der Waals surface area (Å²) in [6.07, 6.45) is 12.5. The van der Waals surface area contributed by atoms with E-state index < -0.39 is 0 Å². The second kappa shape index (κ2) is 11.6. The number of nitrogens with two attached hydrogens (primary N) is 1. The third kappa shape index (κ3) is 6.06. The van der Waals surface area contributed by atoms with E-state index in [4.69, 9.17) is 32.3 Å². The van der Waals surface area contributed by atoms with Crippen molar-refractivity contribution in [3.05, 3.63) is 35.6 Å². The van der Waals surface area contributed by atoms with Crippen LogP contribution in [0.15, 0.2) is 30.6 Å². The molecule has 10 nitrogen and oxygen atoms in total. The van der Waals surface area contributed by atoms with Crippen LogP contribution >= 0.6 is 11.6 Å². The van der Waals surface area contributed by atoms with Gasteiger partial charge in [0.25, 0.3) is 0 Å². The Kier molecular flexibility index (Phi) is 7.74. The molecule has 0 bridgehead atoms. The van der Waals surface area contributed by atoms with Crippen LogP contribution in [0.4, 0.5) is 22.2 Å². The zero-order chi connectivity index (χ0) is 26.8. The van der Waals surface area contributed by atoms with E-state index in [1.54, 1.807) is 12.1 Å². The lowest BCUT2D eigenvalue weighted by atomic mass is 9.92. The molecule has 3 fully saturated rings. The Bertz CT molecular complexity index is 1270. The van der Waals surface area contributed by atoms with Crippen LogP contribution < -0.4 is 21.7 Å². The van der Waals surface area contributed by atoms with Crippen LogP contribution in [0.1, 0.15) is 70.3 Å². The first-order valence-corrected chi connectivity index (χ1v) is 14.7. The molecule has 3 aromatic rings. The Morgan fingerprint density at radius 1 is 0.897 bits per heavy atom. The number of aromatic nitrogens is 4. The summed E-state index contributed by atoms with van der Waals surface area (Å²) in [6.45, 7) is 1.32. The average molecular weight is 552 g/mol. The second-order valence-corrected chi connectivity index (χ2v) is 11.7. The van der Waals surface area contributed by atoms with Gasteiger partial charge < -0.3 is 31.2 Å². The smallest absolute Gasteiger partial charge is 0.321 e. The largest absolute Gasteiger partial charge is 0.365 e. The molecule has 5 N–H and O–H groups in total. The van der Waals surface area contributed by atoms with E-state index in [9.17, 15) is 4.79 Å². The maximum Gasteiger partial charge on any atom is 0.321 e. The Morgan fingerprint density at radius 2 is 1.59 bits per heavy atom. The highest BCUT2D eigenvalue weighted by Gasteiger charge is 2.27. The van der Waals surface area contributed by atoms with Crippen LogP contribution in [0.25, 0.3) is 11.2 Å². The van der Waals surface area contributed by atoms with Gasteiger partial charge in [-0.2, -0.15) is 9.97 Å². The number of amides is 2. The third-order valence-electron chi connectivity index (χ3n) is 8.46. The van der Waals surface area contributed by atoms with E-state index >= 15 is 0 Å². The van der Waals surface area contributed by atoms with Gasteiger partial charge >= 0.3 is 6.03 Å². The Labute approximate surface area is 234 Å². The van der Waals surface area contributed by atoms with Crippen molar-refractivity contribution in [3.63, 3.8) is 0 Å². The van der Waals surface area contributed by atoms with E-state index in [2.05, 4.69) is 20.5 Å². The first-order chi connectivity index (χ1) is 19.0. The summed E-state index contributed by atoms with van der Waals surface area (Å²) >= 11 is 5.96. The number of nitrogens with zero attached hydrogens (tertiary/aromatic N) is 5. The lowest BCUT2D eigenvalue weighted by molar-refractivity contribution is 0.197. The Morgan fingerprint density at radius 3 is 2.31 bits per heavy atom. The minimum absolute atomic E-state index is 0.0887. The first kappa shape index (κ1) is 26.1. The summed E-state index contributed by atoms with van der Waals surface area (Å²) in [5.74, 6) is 1.43. The van der Waals surface area contributed by atoms with Gasteiger partial charge in [0.15, 0.2) is 17.0 Å². The number of imidazole rings is 1. The number of hydrogen-bond acceptors (Lipinski definition) is 7. The first-order valence-electron chi connectivity index (χ1n) is 14.4. The van der Waals surface area contributed by atoms with Crippen molar-refractivity contribution in [2.45, 2.75) is 88.4 Å². The van der Waals surface area contributed by atoms with Crippen molar-refractivity contribution in [2.24, 2.45) is 5.73 Å². The maximum atomic E-state index is 12.8. The highest BCUT2D eigenvalue weighted by molar-refractivity contribution is 6.30. The van der Waals surface area contributed by atoms with Gasteiger partial charge in [-0.3, -0.25) is 0 Å². The van der Waals surface area contributed by atoms with Crippen LogP contribution in [0.2, 0.25) is 5.02 Å². The highest BCUT2D eigenvalue weighted by atomic mass is 35.5. The monoisotopic (exact) mass is 551 g/mol. The quantitative estimate of drug-likeness (QED) is 0.324. The minimum Gasteiger partial charge on any atom is -0.365 e. The SMILES string of the molecule is NC1CCC(Nc2nc(NC3CCN(C(=O)Nc4ccc(Cl)cc4)CC3)c3ncn(C4CCCC4)c3n2)CC1. The number of nitrogens with one attached hydrogen (secondary N) is 3. The van der Waals surface area contributed by atoms with E-state index in [0.717, 1.165) is 74.0 Å². The fourth-order valence-corrected chi connectivity index (χ4v) is 6.26. The molecule has 2 aromatic heterocycles. The van der Waals surface area contributed by atoms with Gasteiger partial charge in [0, 0.05) is 48.0 Å². The van der Waals surface area contributed by atoms with Crippen LogP contribution in [0.3, 0.4) is 0 Å². The van der Waals surface area contributed by atoms with Crippen molar-refractivity contribution in [1.82, 2.24) is 24.4 Å². The molecule has 2 amide bonds. The Hall–Kier alpha value is -3.11. The van der Waals surface area contributed by atoms with Gasteiger partial charge in [-0.25, -0.2) is 9.78 Å². The molecule has 39 heavy (non-hydrogen) atoms. The number of rotatable bonds is 6. The topological polar surface area (TPSA) is 126 Å². The molecule has 0 atom stereocenters. The van der Waals surface area contributed by atoms with Crippen LogP contribution in [0, 0.1) is 0 Å². The molecule has 208 valence electrons. The molecular weight excluding hydrogens is 514 g/mol. The fraction of sp³-hybridized carbons (Fsp3) is 0.571. The molecule has 3 heterocycles. The number of likely N-dealkylation sites (tertiary alicyclic amines) is 1. The summed E-state index contributed by atoms with van der Waals surface area (Å²) in [5, 5.41) is 10.9. The van der Waals surface area contributed by atoms with Crippen molar-refractivity contribution >= 4 is 46.2 Å². The predicted octanol–water partition coefficient (Wildman–Crippen LogP) is 5.39. The van der Waals surface area contributed by atoms with Crippen LogP contribution in [-0.2, 0) is 0 Å². The van der Waals surface area contributed by atoms with E-state index in [0.29, 0.717) is 42.2 Å². The van der Waals surface area contributed by atoms with Gasteiger partial charge in [-0.1, -0.05) is 24.4 Å². The van der Waals surface area contributed by atoms with Crippen LogP contribution in [-0.4, -0.2) is 61.7 Å². The summed E-state index contributed by atoms with van der Waals surface area (Å²) in [4.78, 5) is 29.3. The summed E-state index contributed by atoms with van der Waals surface area (Å²) in [5.41, 5.74) is 8.59. The number of carbonyl (C=O) groups is 1. The number of urea groups is 1. The number of halogens is 1. The third-order valence-corrected chi connectivity index (χ3v) is 8.72. The van der Waals surface area contributed by atoms with Gasteiger partial charge in [0.1, 0.15) is 0 Å². The fourth-order valence-electron chi connectivity index (χ4n) is 6.13. The van der Waals surface area contributed by atoms with Gasteiger partial charge in [0.05, 0.1) is 6.33 Å². The number of fused-ring (bicyclic) bond motifs is 1. The molecule has 3 aliphatic rings. The normalized spacial score (nSPS) is 22.8. The summed E-state index contributed by atoms with van der Waals surface area (Å²) in [6, 6.07) is 8.35. The molecule has 0 radical (unpaired) electrons. The van der Waals surface area contributed by atoms with Gasteiger partial charge in [0.2, 0.25) is 5.95 Å². The molecule has 0 unspecified atom stereocenters. The average Bonchev–Trinajstić information content (AvgIpc) is 3.62. The molecule has 0 spiro atoms. The van der Waals surface area contributed by atoms with Gasteiger partial charge in [-0.15, -0.1) is 0 Å². The maximum absolute atomic E-state index is 12.8. The lowest BCUT2D eigenvalue weighted by Crippen LogP contribution is -2.44. The number of benzene rings is 1. The number of hydrogen-bond donors (Lipinski definition) is 4. The van der Waals surface area contributed by atoms with E-state index in [1.165, 1.54) is 12.8 Å². The predicted molar refractivity (Wildman–Crippen MR) is 155 cm³/mol. The molecule has 2 saturated carbocycles. The van der Waals surface area contributed by atoms with Crippen molar-refractivity contribution < 1.29 is 4.79 Å². The molecule has 2 aliphatic carbocycles. The molecular formula is C28H38ClN9O. The minimum atomic E-state index is -0.0887. The molecule has 6 rings (SSSR count). The summed E-state index contributed by atoms with van der Waals surface area (Å²) < 4.78 is 2.25. The van der Waals surface area contributed by atoms with E-state index in [1.807, 2.05) is 23.4 Å². The molecule has 1 aromatic carbocycles. The van der Waals surface area contributed by atoms with Crippen molar-refractivity contribution in [3.8, 4) is 0 Å². The van der Waals surface area contributed by atoms with Crippen molar-refractivity contribution in [2.75, 3.05) is 29.0 Å². The number of carbonyl (C=O) groups excluding carboxylic acids is 1. The second-order valence-electron chi connectivity index (χ2n) is 11.3. The Balaban J connectivity index is 1.15. The number of piperidine rings is 1. The summed E-state index contributed by atoms with van der Waals surface area (Å²) in [7, 11) is 0. The highest BCUT2D eigenvalue weighted by Crippen LogP contribution is 2.34. The molecule has 1 aliphatic heterocycles. The van der Waals surface area contributed by atoms with Crippen molar-refractivity contribution in [1.29, 1.82) is 0 Å². The van der Waals surface area contributed by atoms with Crippen LogP contribution in [0.5, 0.6) is 0 Å². The number of anilines is 3. The zero-order valence-corrected chi connectivity index (χ0v) is 23.0. The standard InChI is InChI=1S/C28H38ClN9O/c29-18-5-9-21(10-6-18)34-28(39)37-15-13-22(14-16-37)32-25-24-26(38(17-31-24)23-3-1-2-4-23)36-27(35-25)33-20-11-7-19(30)8-12-20/h5-6,9-10,17,19-20,22-23H,1-4,7-8,11-16,30H2,(H,34,39)(H2,32,33,35,36).